The molecule has 0 aromatic heterocycles. The summed E-state index contributed by atoms with van der Waals surface area (Å²) >= 11 is 1.43. The predicted molar refractivity (Wildman–Crippen MR) is 30.4 cm³/mol. The molecule has 2 N–H and O–H groups in total. The summed E-state index contributed by atoms with van der Waals surface area (Å²) in [5.41, 5.74) is -0.204. The fraction of sp³-hybridized carbons (Fsp3) is 1.00. The molecule has 2 atom stereocenters. The van der Waals surface area contributed by atoms with E-state index in [4.69, 9.17) is 14.9 Å². The normalized spacial score (nSPS) is 38.2. The van der Waals surface area contributed by atoms with Gasteiger partial charge in [-0.2, -0.15) is 0 Å². The molecule has 1 aliphatic rings. The Balaban J connectivity index is 2.22. The van der Waals surface area contributed by atoms with Crippen molar-refractivity contribution in [3.63, 3.8) is 0 Å². The van der Waals surface area contributed by atoms with Crippen molar-refractivity contribution in [3.05, 3.63) is 0 Å². The summed E-state index contributed by atoms with van der Waals surface area (Å²) in [5, 5.41) is 17.1. The van der Waals surface area contributed by atoms with Crippen LogP contribution in [-0.4, -0.2) is 34.3 Å². The first-order chi connectivity index (χ1) is 3.83. The van der Waals surface area contributed by atoms with E-state index in [0.717, 1.165) is 0 Å². The van der Waals surface area contributed by atoms with Crippen LogP contribution in [-0.2, 0) is 4.74 Å². The van der Waals surface area contributed by atoms with Crippen LogP contribution in [0.4, 0.5) is 0 Å². The highest BCUT2D eigenvalue weighted by atomic mass is 32.2. The number of rotatable bonds is 1. The quantitative estimate of drug-likeness (QED) is 0.504. The van der Waals surface area contributed by atoms with E-state index in [1.54, 1.807) is 0 Å². The Morgan fingerprint density at radius 2 is 2.50 bits per heavy atom. The number of thioether (sulfide) groups is 1. The summed E-state index contributed by atoms with van der Waals surface area (Å²) in [6, 6.07) is 0. The first kappa shape index (κ1) is 6.35. The van der Waals surface area contributed by atoms with Crippen LogP contribution in [0.3, 0.4) is 0 Å². The van der Waals surface area contributed by atoms with Crippen molar-refractivity contribution in [1.29, 1.82) is 0 Å². The van der Waals surface area contributed by atoms with Gasteiger partial charge in [-0.3, -0.25) is 0 Å². The van der Waals surface area contributed by atoms with Crippen LogP contribution in [0, 0.1) is 0 Å². The summed E-state index contributed by atoms with van der Waals surface area (Å²) in [7, 11) is 0. The molecule has 1 aliphatic heterocycles. The summed E-state index contributed by atoms with van der Waals surface area (Å²) in [6.45, 7) is -0.0122. The molecule has 48 valence electrons. The van der Waals surface area contributed by atoms with Crippen molar-refractivity contribution in [1.82, 2.24) is 0 Å². The van der Waals surface area contributed by atoms with Gasteiger partial charge in [0.05, 0.1) is 6.61 Å². The van der Waals surface area contributed by atoms with Gasteiger partial charge in [0.1, 0.15) is 5.44 Å². The maximum absolute atomic E-state index is 8.68. The van der Waals surface area contributed by atoms with E-state index in [1.165, 1.54) is 11.8 Å². The largest absolute Gasteiger partial charge is 0.393 e. The minimum absolute atomic E-state index is 0.0122. The fourth-order valence-electron chi connectivity index (χ4n) is 0.539. The Labute approximate surface area is 51.7 Å². The van der Waals surface area contributed by atoms with E-state index in [0.29, 0.717) is 5.75 Å². The lowest BCUT2D eigenvalue weighted by Crippen LogP contribution is -2.12. The van der Waals surface area contributed by atoms with Gasteiger partial charge in [0.25, 0.3) is 0 Å². The molecule has 3 nitrogen and oxygen atoms in total. The molecule has 1 heterocycles. The van der Waals surface area contributed by atoms with E-state index in [9.17, 15) is 0 Å². The van der Waals surface area contributed by atoms with Gasteiger partial charge < -0.3 is 14.9 Å². The average molecular weight is 136 g/mol. The fourth-order valence-corrected chi connectivity index (χ4v) is 1.31. The standard InChI is InChI=1S/C4H8O3S/c5-1-4-7-3(6)2-8-4/h3-6H,1-2H2/t3-,4-/m0/s1. The van der Waals surface area contributed by atoms with E-state index >= 15 is 0 Å². The molecule has 0 bridgehead atoms. The Morgan fingerprint density at radius 1 is 1.75 bits per heavy atom. The van der Waals surface area contributed by atoms with Crippen LogP contribution in [0.25, 0.3) is 0 Å². The predicted octanol–water partition coefficient (Wildman–Crippen LogP) is -0.613. The third-order valence-corrected chi connectivity index (χ3v) is 1.99. The topological polar surface area (TPSA) is 49.7 Å². The molecule has 4 heteroatoms. The number of aliphatic hydroxyl groups excluding tert-OH is 2. The van der Waals surface area contributed by atoms with Crippen molar-refractivity contribution in [3.8, 4) is 0 Å². The van der Waals surface area contributed by atoms with E-state index in [-0.39, 0.29) is 12.0 Å². The molecule has 0 radical (unpaired) electrons. The summed E-state index contributed by atoms with van der Waals surface area (Å²) in [5.74, 6) is 0.575. The van der Waals surface area contributed by atoms with Gasteiger partial charge in [0, 0.05) is 5.75 Å². The van der Waals surface area contributed by atoms with Crippen LogP contribution in [0.15, 0.2) is 0 Å². The van der Waals surface area contributed by atoms with Gasteiger partial charge in [-0.05, 0) is 0 Å². The molecule has 0 saturated carbocycles. The van der Waals surface area contributed by atoms with Crippen molar-refractivity contribution in [2.45, 2.75) is 11.7 Å². The number of aliphatic hydroxyl groups is 2. The highest BCUT2D eigenvalue weighted by molar-refractivity contribution is 8.00. The minimum Gasteiger partial charge on any atom is -0.393 e. The van der Waals surface area contributed by atoms with E-state index in [2.05, 4.69) is 0 Å². The zero-order valence-corrected chi connectivity index (χ0v) is 5.10. The molecule has 1 rings (SSSR count). The minimum atomic E-state index is -0.669. The second-order valence-electron chi connectivity index (χ2n) is 1.54. The third kappa shape index (κ3) is 1.35. The zero-order chi connectivity index (χ0) is 5.98. The SMILES string of the molecule is OC[C@H]1O[C@H](O)CS1. The molecular weight excluding hydrogens is 128 g/mol. The second-order valence-corrected chi connectivity index (χ2v) is 2.73. The van der Waals surface area contributed by atoms with Gasteiger partial charge >= 0.3 is 0 Å². The van der Waals surface area contributed by atoms with Crippen molar-refractivity contribution >= 4 is 11.8 Å². The zero-order valence-electron chi connectivity index (χ0n) is 4.28. The van der Waals surface area contributed by atoms with Gasteiger partial charge in [-0.25, -0.2) is 0 Å². The summed E-state index contributed by atoms with van der Waals surface area (Å²) < 4.78 is 4.78. The molecule has 0 aromatic rings. The molecular formula is C4H8O3S. The van der Waals surface area contributed by atoms with Crippen molar-refractivity contribution in [2.24, 2.45) is 0 Å². The van der Waals surface area contributed by atoms with Crippen LogP contribution < -0.4 is 0 Å². The molecule has 0 spiro atoms. The maximum Gasteiger partial charge on any atom is 0.165 e. The molecule has 0 aromatic carbocycles. The van der Waals surface area contributed by atoms with Crippen molar-refractivity contribution in [2.75, 3.05) is 12.4 Å². The van der Waals surface area contributed by atoms with E-state index in [1.807, 2.05) is 0 Å². The lowest BCUT2D eigenvalue weighted by molar-refractivity contribution is -0.0899. The maximum atomic E-state index is 8.68. The molecule has 1 saturated heterocycles. The van der Waals surface area contributed by atoms with Crippen LogP contribution in [0.1, 0.15) is 0 Å². The van der Waals surface area contributed by atoms with Crippen LogP contribution in [0.2, 0.25) is 0 Å². The highest BCUT2D eigenvalue weighted by Gasteiger charge is 2.22. The molecule has 8 heavy (non-hydrogen) atoms. The Morgan fingerprint density at radius 3 is 2.75 bits per heavy atom. The average Bonchev–Trinajstić information content (AvgIpc) is 2.14. The Kier molecular flexibility index (Phi) is 2.13. The van der Waals surface area contributed by atoms with Crippen molar-refractivity contribution < 1.29 is 14.9 Å². The first-order valence-corrected chi connectivity index (χ1v) is 3.44. The lowest BCUT2D eigenvalue weighted by Gasteiger charge is -2.02. The lowest BCUT2D eigenvalue weighted by atomic mass is 10.7. The molecule has 1 fully saturated rings. The Hall–Kier alpha value is 0.230. The smallest absolute Gasteiger partial charge is 0.165 e. The van der Waals surface area contributed by atoms with Gasteiger partial charge in [0.15, 0.2) is 6.29 Å². The van der Waals surface area contributed by atoms with Crippen LogP contribution >= 0.6 is 11.8 Å². The van der Waals surface area contributed by atoms with Gasteiger partial charge in [-0.15, -0.1) is 11.8 Å². The number of hydrogen-bond acceptors (Lipinski definition) is 4. The molecule has 0 unspecified atom stereocenters. The molecule has 0 aliphatic carbocycles. The third-order valence-electron chi connectivity index (χ3n) is 0.883. The second kappa shape index (κ2) is 2.68. The monoisotopic (exact) mass is 136 g/mol. The highest BCUT2D eigenvalue weighted by Crippen LogP contribution is 2.22. The van der Waals surface area contributed by atoms with E-state index < -0.39 is 6.29 Å². The van der Waals surface area contributed by atoms with Crippen LogP contribution in [0.5, 0.6) is 0 Å². The summed E-state index contributed by atoms with van der Waals surface area (Å²) in [6.07, 6.45) is -0.669. The van der Waals surface area contributed by atoms with Gasteiger partial charge in [-0.1, -0.05) is 0 Å². The Bertz CT molecular complexity index is 77.7. The molecule has 0 amide bonds. The number of ether oxygens (including phenoxy) is 1. The first-order valence-electron chi connectivity index (χ1n) is 2.39. The summed E-state index contributed by atoms with van der Waals surface area (Å²) in [4.78, 5) is 0. The van der Waals surface area contributed by atoms with Gasteiger partial charge in [0.2, 0.25) is 0 Å². The number of hydrogen-bond donors (Lipinski definition) is 2.